The van der Waals surface area contributed by atoms with E-state index in [0.29, 0.717) is 0 Å². The van der Waals surface area contributed by atoms with E-state index in [2.05, 4.69) is 11.4 Å². The highest BCUT2D eigenvalue weighted by Gasteiger charge is 2.04. The van der Waals surface area contributed by atoms with Crippen molar-refractivity contribution in [3.8, 4) is 0 Å². The lowest BCUT2D eigenvalue weighted by Crippen LogP contribution is -2.07. The van der Waals surface area contributed by atoms with E-state index in [1.807, 2.05) is 37.3 Å². The SMILES string of the molecule is CC(=O)Nc1c(C)ccc2ccccc12. The lowest BCUT2D eigenvalue weighted by atomic mass is 10.0. The minimum Gasteiger partial charge on any atom is -0.326 e. The summed E-state index contributed by atoms with van der Waals surface area (Å²) in [4.78, 5) is 11.1. The summed E-state index contributed by atoms with van der Waals surface area (Å²) in [6, 6.07) is 12.1. The van der Waals surface area contributed by atoms with Gasteiger partial charge in [0.15, 0.2) is 0 Å². The molecule has 2 rings (SSSR count). The summed E-state index contributed by atoms with van der Waals surface area (Å²) in [5.74, 6) is -0.0329. The summed E-state index contributed by atoms with van der Waals surface area (Å²) < 4.78 is 0. The van der Waals surface area contributed by atoms with Crippen LogP contribution >= 0.6 is 0 Å². The molecule has 0 bridgehead atoms. The largest absolute Gasteiger partial charge is 0.326 e. The number of hydrogen-bond donors (Lipinski definition) is 1. The number of carbonyl (C=O) groups is 1. The lowest BCUT2D eigenvalue weighted by molar-refractivity contribution is -0.114. The number of anilines is 1. The lowest BCUT2D eigenvalue weighted by Gasteiger charge is -2.10. The second kappa shape index (κ2) is 3.73. The van der Waals surface area contributed by atoms with Crippen molar-refractivity contribution in [1.82, 2.24) is 0 Å². The van der Waals surface area contributed by atoms with Gasteiger partial charge in [-0.2, -0.15) is 0 Å². The molecule has 1 N–H and O–H groups in total. The summed E-state index contributed by atoms with van der Waals surface area (Å²) in [5.41, 5.74) is 2.00. The number of aryl methyl sites for hydroxylation is 1. The zero-order chi connectivity index (χ0) is 10.8. The molecule has 0 spiro atoms. The first-order chi connectivity index (χ1) is 7.18. The second-order valence-corrected chi connectivity index (χ2v) is 3.66. The number of fused-ring (bicyclic) bond motifs is 1. The van der Waals surface area contributed by atoms with Gasteiger partial charge in [-0.3, -0.25) is 4.79 Å². The molecule has 1 amide bonds. The second-order valence-electron chi connectivity index (χ2n) is 3.66. The van der Waals surface area contributed by atoms with E-state index in [9.17, 15) is 4.79 Å². The molecule has 0 aliphatic heterocycles. The standard InChI is InChI=1S/C13H13NO/c1-9-7-8-11-5-3-4-6-12(11)13(9)14-10(2)15/h3-8H,1-2H3,(H,14,15). The Morgan fingerprint density at radius 2 is 1.87 bits per heavy atom. The van der Waals surface area contributed by atoms with Gasteiger partial charge in [0.05, 0.1) is 5.69 Å². The molecule has 0 aliphatic carbocycles. The van der Waals surface area contributed by atoms with Crippen LogP contribution in [0.2, 0.25) is 0 Å². The maximum absolute atomic E-state index is 11.1. The van der Waals surface area contributed by atoms with Gasteiger partial charge >= 0.3 is 0 Å². The number of amides is 1. The zero-order valence-electron chi connectivity index (χ0n) is 8.87. The Kier molecular flexibility index (Phi) is 2.42. The average Bonchev–Trinajstić information content (AvgIpc) is 2.22. The van der Waals surface area contributed by atoms with E-state index >= 15 is 0 Å². The first-order valence-corrected chi connectivity index (χ1v) is 4.94. The number of rotatable bonds is 1. The van der Waals surface area contributed by atoms with Crippen LogP contribution in [-0.4, -0.2) is 5.91 Å². The Bertz CT molecular complexity index is 517. The fraction of sp³-hybridized carbons (Fsp3) is 0.154. The van der Waals surface area contributed by atoms with Crippen LogP contribution in [0.3, 0.4) is 0 Å². The van der Waals surface area contributed by atoms with Crippen LogP contribution in [0.1, 0.15) is 12.5 Å². The van der Waals surface area contributed by atoms with Crippen molar-refractivity contribution in [2.75, 3.05) is 5.32 Å². The van der Waals surface area contributed by atoms with E-state index in [1.165, 1.54) is 6.92 Å². The highest BCUT2D eigenvalue weighted by molar-refractivity contribution is 6.02. The molecule has 2 heteroatoms. The Balaban J connectivity index is 2.68. The van der Waals surface area contributed by atoms with Gasteiger partial charge in [0.1, 0.15) is 0 Å². The van der Waals surface area contributed by atoms with Gasteiger partial charge < -0.3 is 5.32 Å². The maximum atomic E-state index is 11.1. The molecule has 2 nitrogen and oxygen atoms in total. The van der Waals surface area contributed by atoms with E-state index in [4.69, 9.17) is 0 Å². The van der Waals surface area contributed by atoms with Crippen molar-refractivity contribution in [2.24, 2.45) is 0 Å². The van der Waals surface area contributed by atoms with Gasteiger partial charge in [0.25, 0.3) is 0 Å². The molecular weight excluding hydrogens is 186 g/mol. The normalized spacial score (nSPS) is 10.3. The van der Waals surface area contributed by atoms with Crippen LogP contribution in [-0.2, 0) is 4.79 Å². The van der Waals surface area contributed by atoms with Crippen molar-refractivity contribution in [3.63, 3.8) is 0 Å². The van der Waals surface area contributed by atoms with Crippen molar-refractivity contribution in [3.05, 3.63) is 42.0 Å². The Morgan fingerprint density at radius 1 is 1.13 bits per heavy atom. The number of benzene rings is 2. The van der Waals surface area contributed by atoms with E-state index in [-0.39, 0.29) is 5.91 Å². The molecule has 0 aromatic heterocycles. The van der Waals surface area contributed by atoms with Crippen LogP contribution in [0.15, 0.2) is 36.4 Å². The van der Waals surface area contributed by atoms with Gasteiger partial charge in [0, 0.05) is 12.3 Å². The summed E-state index contributed by atoms with van der Waals surface area (Å²) in [6.07, 6.45) is 0. The molecular formula is C13H13NO. The molecule has 0 unspecified atom stereocenters. The molecule has 0 saturated heterocycles. The fourth-order valence-electron chi connectivity index (χ4n) is 1.72. The van der Waals surface area contributed by atoms with Crippen molar-refractivity contribution in [1.29, 1.82) is 0 Å². The predicted molar refractivity (Wildman–Crippen MR) is 63.0 cm³/mol. The fourth-order valence-corrected chi connectivity index (χ4v) is 1.72. The molecule has 0 saturated carbocycles. The first kappa shape index (κ1) is 9.71. The summed E-state index contributed by atoms with van der Waals surface area (Å²) in [5, 5.41) is 5.11. The van der Waals surface area contributed by atoms with E-state index in [1.54, 1.807) is 0 Å². The Morgan fingerprint density at radius 3 is 2.60 bits per heavy atom. The summed E-state index contributed by atoms with van der Waals surface area (Å²) in [6.45, 7) is 3.53. The number of carbonyl (C=O) groups excluding carboxylic acids is 1. The zero-order valence-corrected chi connectivity index (χ0v) is 8.87. The van der Waals surface area contributed by atoms with Gasteiger partial charge in [0.2, 0.25) is 5.91 Å². The molecule has 2 aromatic rings. The topological polar surface area (TPSA) is 29.1 Å². The predicted octanol–water partition coefficient (Wildman–Crippen LogP) is 3.11. The van der Waals surface area contributed by atoms with Crippen molar-refractivity contribution < 1.29 is 4.79 Å². The highest BCUT2D eigenvalue weighted by atomic mass is 16.1. The molecule has 15 heavy (non-hydrogen) atoms. The van der Waals surface area contributed by atoms with Crippen LogP contribution in [0.4, 0.5) is 5.69 Å². The quantitative estimate of drug-likeness (QED) is 0.751. The summed E-state index contributed by atoms with van der Waals surface area (Å²) >= 11 is 0. The maximum Gasteiger partial charge on any atom is 0.221 e. The molecule has 76 valence electrons. The Labute approximate surface area is 88.9 Å². The van der Waals surface area contributed by atoms with E-state index in [0.717, 1.165) is 22.0 Å². The number of hydrogen-bond acceptors (Lipinski definition) is 1. The van der Waals surface area contributed by atoms with Crippen molar-refractivity contribution >= 4 is 22.4 Å². The smallest absolute Gasteiger partial charge is 0.221 e. The van der Waals surface area contributed by atoms with E-state index < -0.39 is 0 Å². The number of nitrogens with one attached hydrogen (secondary N) is 1. The molecule has 0 heterocycles. The minimum atomic E-state index is -0.0329. The van der Waals surface area contributed by atoms with Crippen LogP contribution in [0.25, 0.3) is 10.8 Å². The van der Waals surface area contributed by atoms with Gasteiger partial charge in [-0.05, 0) is 17.9 Å². The van der Waals surface area contributed by atoms with Crippen LogP contribution in [0.5, 0.6) is 0 Å². The molecule has 0 aliphatic rings. The Hall–Kier alpha value is -1.83. The summed E-state index contributed by atoms with van der Waals surface area (Å²) in [7, 11) is 0. The third-order valence-corrected chi connectivity index (χ3v) is 2.44. The molecule has 0 atom stereocenters. The van der Waals surface area contributed by atoms with Gasteiger partial charge in [-0.15, -0.1) is 0 Å². The molecule has 2 aromatic carbocycles. The first-order valence-electron chi connectivity index (χ1n) is 4.94. The monoisotopic (exact) mass is 199 g/mol. The van der Waals surface area contributed by atoms with Gasteiger partial charge in [-0.25, -0.2) is 0 Å². The third-order valence-electron chi connectivity index (χ3n) is 2.44. The minimum absolute atomic E-state index is 0.0329. The third kappa shape index (κ3) is 1.84. The van der Waals surface area contributed by atoms with Crippen molar-refractivity contribution in [2.45, 2.75) is 13.8 Å². The van der Waals surface area contributed by atoms with Crippen LogP contribution < -0.4 is 5.32 Å². The van der Waals surface area contributed by atoms with Gasteiger partial charge in [-0.1, -0.05) is 36.4 Å². The molecule has 0 radical (unpaired) electrons. The molecule has 0 fully saturated rings. The highest BCUT2D eigenvalue weighted by Crippen LogP contribution is 2.26. The average molecular weight is 199 g/mol. The van der Waals surface area contributed by atoms with Crippen LogP contribution in [0, 0.1) is 6.92 Å².